The Bertz CT molecular complexity index is 684. The van der Waals surface area contributed by atoms with Crippen molar-refractivity contribution in [1.82, 2.24) is 9.55 Å². The summed E-state index contributed by atoms with van der Waals surface area (Å²) in [6.45, 7) is 6.64. The summed E-state index contributed by atoms with van der Waals surface area (Å²) < 4.78 is 7.60. The van der Waals surface area contributed by atoms with Crippen molar-refractivity contribution in [3.8, 4) is 0 Å². The van der Waals surface area contributed by atoms with E-state index in [0.29, 0.717) is 5.52 Å². The SMILES string of the molecule is Cc1nc2c(C(=O)O)cccc2n1CC1(C)CCOCC1. The molecule has 5 heteroatoms. The second kappa shape index (κ2) is 5.15. The fraction of sp³-hybridized carbons (Fsp3) is 0.500. The van der Waals surface area contributed by atoms with Crippen LogP contribution in [0.25, 0.3) is 11.0 Å². The minimum absolute atomic E-state index is 0.176. The molecular weight excluding hydrogens is 268 g/mol. The Morgan fingerprint density at radius 2 is 2.14 bits per heavy atom. The van der Waals surface area contributed by atoms with Crippen molar-refractivity contribution in [2.75, 3.05) is 13.2 Å². The minimum Gasteiger partial charge on any atom is -0.478 e. The maximum atomic E-state index is 11.3. The van der Waals surface area contributed by atoms with Crippen LogP contribution in [0.2, 0.25) is 0 Å². The monoisotopic (exact) mass is 288 g/mol. The number of aromatic nitrogens is 2. The summed E-state index contributed by atoms with van der Waals surface area (Å²) >= 11 is 0. The third-order valence-electron chi connectivity index (χ3n) is 4.44. The van der Waals surface area contributed by atoms with Crippen molar-refractivity contribution in [2.24, 2.45) is 5.41 Å². The smallest absolute Gasteiger partial charge is 0.337 e. The molecule has 1 aromatic heterocycles. The van der Waals surface area contributed by atoms with E-state index < -0.39 is 5.97 Å². The topological polar surface area (TPSA) is 64.3 Å². The number of hydrogen-bond acceptors (Lipinski definition) is 3. The van der Waals surface area contributed by atoms with Crippen LogP contribution < -0.4 is 0 Å². The van der Waals surface area contributed by atoms with Gasteiger partial charge in [-0.1, -0.05) is 13.0 Å². The molecule has 0 atom stereocenters. The first-order valence-corrected chi connectivity index (χ1v) is 7.27. The molecule has 112 valence electrons. The Hall–Kier alpha value is -1.88. The number of ether oxygens (including phenoxy) is 1. The van der Waals surface area contributed by atoms with Gasteiger partial charge >= 0.3 is 5.97 Å². The van der Waals surface area contributed by atoms with Crippen LogP contribution in [-0.4, -0.2) is 33.8 Å². The average Bonchev–Trinajstić information content (AvgIpc) is 2.75. The van der Waals surface area contributed by atoms with Crippen LogP contribution in [0.5, 0.6) is 0 Å². The first-order chi connectivity index (χ1) is 10.0. The Balaban J connectivity index is 2.04. The van der Waals surface area contributed by atoms with Crippen LogP contribution in [0.15, 0.2) is 18.2 Å². The van der Waals surface area contributed by atoms with E-state index in [-0.39, 0.29) is 11.0 Å². The lowest BCUT2D eigenvalue weighted by Crippen LogP contribution is -2.31. The molecule has 5 nitrogen and oxygen atoms in total. The number of fused-ring (bicyclic) bond motifs is 1. The molecule has 0 spiro atoms. The molecule has 1 fully saturated rings. The van der Waals surface area contributed by atoms with Gasteiger partial charge in [0.2, 0.25) is 0 Å². The zero-order valence-corrected chi connectivity index (χ0v) is 12.4. The third kappa shape index (κ3) is 2.53. The van der Waals surface area contributed by atoms with Crippen LogP contribution in [0.4, 0.5) is 0 Å². The summed E-state index contributed by atoms with van der Waals surface area (Å²) in [5, 5.41) is 9.29. The number of rotatable bonds is 3. The number of nitrogens with zero attached hydrogens (tertiary/aromatic N) is 2. The lowest BCUT2D eigenvalue weighted by molar-refractivity contribution is 0.0158. The van der Waals surface area contributed by atoms with E-state index in [1.54, 1.807) is 12.1 Å². The van der Waals surface area contributed by atoms with E-state index in [4.69, 9.17) is 4.74 Å². The number of para-hydroxylation sites is 1. The first-order valence-electron chi connectivity index (χ1n) is 7.27. The lowest BCUT2D eigenvalue weighted by Gasteiger charge is -2.34. The molecule has 0 bridgehead atoms. The molecule has 1 N–H and O–H groups in total. The molecule has 0 amide bonds. The molecule has 21 heavy (non-hydrogen) atoms. The number of aryl methyl sites for hydroxylation is 1. The Labute approximate surface area is 123 Å². The van der Waals surface area contributed by atoms with Crippen LogP contribution in [0.3, 0.4) is 0 Å². The second-order valence-corrected chi connectivity index (χ2v) is 6.15. The van der Waals surface area contributed by atoms with E-state index in [1.165, 1.54) is 0 Å². The van der Waals surface area contributed by atoms with Crippen molar-refractivity contribution in [3.05, 3.63) is 29.6 Å². The summed E-state index contributed by atoms with van der Waals surface area (Å²) in [5.74, 6) is -0.0612. The van der Waals surface area contributed by atoms with Gasteiger partial charge in [0.15, 0.2) is 0 Å². The third-order valence-corrected chi connectivity index (χ3v) is 4.44. The number of carbonyl (C=O) groups is 1. The number of hydrogen-bond donors (Lipinski definition) is 1. The Morgan fingerprint density at radius 3 is 2.81 bits per heavy atom. The van der Waals surface area contributed by atoms with Gasteiger partial charge in [-0.05, 0) is 37.3 Å². The van der Waals surface area contributed by atoms with Gasteiger partial charge in [0.1, 0.15) is 11.3 Å². The van der Waals surface area contributed by atoms with Crippen LogP contribution in [0, 0.1) is 12.3 Å². The van der Waals surface area contributed by atoms with Gasteiger partial charge < -0.3 is 14.4 Å². The molecule has 0 aliphatic carbocycles. The van der Waals surface area contributed by atoms with Gasteiger partial charge in [-0.3, -0.25) is 0 Å². The molecule has 2 aromatic rings. The number of carboxylic acids is 1. The van der Waals surface area contributed by atoms with Crippen LogP contribution in [-0.2, 0) is 11.3 Å². The minimum atomic E-state index is -0.928. The molecule has 1 aliphatic heterocycles. The highest BCUT2D eigenvalue weighted by molar-refractivity contribution is 6.01. The van der Waals surface area contributed by atoms with E-state index in [0.717, 1.165) is 43.9 Å². The molecule has 3 rings (SSSR count). The van der Waals surface area contributed by atoms with Gasteiger partial charge in [0.25, 0.3) is 0 Å². The maximum absolute atomic E-state index is 11.3. The largest absolute Gasteiger partial charge is 0.478 e. The van der Waals surface area contributed by atoms with Gasteiger partial charge in [-0.2, -0.15) is 0 Å². The van der Waals surface area contributed by atoms with Crippen molar-refractivity contribution in [3.63, 3.8) is 0 Å². The normalized spacial score (nSPS) is 18.0. The lowest BCUT2D eigenvalue weighted by atomic mass is 9.82. The summed E-state index contributed by atoms with van der Waals surface area (Å²) in [6.07, 6.45) is 2.04. The number of carboxylic acid groups (broad SMARTS) is 1. The first kappa shape index (κ1) is 14.1. The highest BCUT2D eigenvalue weighted by Crippen LogP contribution is 2.33. The Morgan fingerprint density at radius 1 is 1.43 bits per heavy atom. The van der Waals surface area contributed by atoms with E-state index in [2.05, 4.69) is 16.5 Å². The number of imidazole rings is 1. The predicted octanol–water partition coefficient (Wildman–Crippen LogP) is 2.86. The highest BCUT2D eigenvalue weighted by Gasteiger charge is 2.29. The van der Waals surface area contributed by atoms with Crippen molar-refractivity contribution < 1.29 is 14.6 Å². The fourth-order valence-electron chi connectivity index (χ4n) is 3.04. The fourth-order valence-corrected chi connectivity index (χ4v) is 3.04. The standard InChI is InChI=1S/C16H20N2O3/c1-11-17-14-12(15(19)20)4-3-5-13(14)18(11)10-16(2)6-8-21-9-7-16/h3-5H,6-10H2,1-2H3,(H,19,20). The maximum Gasteiger partial charge on any atom is 0.337 e. The zero-order valence-electron chi connectivity index (χ0n) is 12.4. The Kier molecular flexibility index (Phi) is 3.45. The molecule has 1 saturated heterocycles. The molecule has 2 heterocycles. The summed E-state index contributed by atoms with van der Waals surface area (Å²) in [5.41, 5.74) is 1.93. The average molecular weight is 288 g/mol. The van der Waals surface area contributed by atoms with Crippen molar-refractivity contribution in [1.29, 1.82) is 0 Å². The quantitative estimate of drug-likeness (QED) is 0.943. The van der Waals surface area contributed by atoms with Crippen LogP contribution >= 0.6 is 0 Å². The number of benzene rings is 1. The van der Waals surface area contributed by atoms with Crippen molar-refractivity contribution in [2.45, 2.75) is 33.2 Å². The van der Waals surface area contributed by atoms with Gasteiger partial charge in [0, 0.05) is 19.8 Å². The molecule has 0 saturated carbocycles. The molecule has 1 aliphatic rings. The second-order valence-electron chi connectivity index (χ2n) is 6.15. The van der Waals surface area contributed by atoms with Gasteiger partial charge in [0.05, 0.1) is 11.1 Å². The van der Waals surface area contributed by atoms with Crippen LogP contribution in [0.1, 0.15) is 35.9 Å². The molecule has 1 aromatic carbocycles. The highest BCUT2D eigenvalue weighted by atomic mass is 16.5. The molecular formula is C16H20N2O3. The van der Waals surface area contributed by atoms with E-state index in [9.17, 15) is 9.90 Å². The molecule has 0 radical (unpaired) electrons. The summed E-state index contributed by atoms with van der Waals surface area (Å²) in [4.78, 5) is 15.8. The number of aromatic carboxylic acids is 1. The van der Waals surface area contributed by atoms with Gasteiger partial charge in [-0.25, -0.2) is 9.78 Å². The summed E-state index contributed by atoms with van der Waals surface area (Å²) in [6, 6.07) is 5.35. The summed E-state index contributed by atoms with van der Waals surface area (Å²) in [7, 11) is 0. The van der Waals surface area contributed by atoms with Crippen molar-refractivity contribution >= 4 is 17.0 Å². The van der Waals surface area contributed by atoms with Gasteiger partial charge in [-0.15, -0.1) is 0 Å². The van der Waals surface area contributed by atoms with E-state index in [1.807, 2.05) is 13.0 Å². The molecule has 0 unspecified atom stereocenters. The predicted molar refractivity (Wildman–Crippen MR) is 79.6 cm³/mol. The van der Waals surface area contributed by atoms with E-state index >= 15 is 0 Å². The zero-order chi connectivity index (χ0) is 15.0.